The molecule has 2 heterocycles. The molecule has 1 N–H and O–H groups in total. The average molecular weight is 553 g/mol. The van der Waals surface area contributed by atoms with E-state index in [1.807, 2.05) is 78.9 Å². The van der Waals surface area contributed by atoms with Crippen LogP contribution >= 0.6 is 15.9 Å². The summed E-state index contributed by atoms with van der Waals surface area (Å²) in [4.78, 5) is 26.3. The Hall–Kier alpha value is -3.74. The zero-order valence-electron chi connectivity index (χ0n) is 19.9. The van der Waals surface area contributed by atoms with Gasteiger partial charge in [-0.25, -0.2) is 0 Å². The number of rotatable bonds is 2. The number of hydrogen-bond acceptors (Lipinski definition) is 5. The van der Waals surface area contributed by atoms with E-state index >= 15 is 0 Å². The van der Waals surface area contributed by atoms with Crippen LogP contribution in [0.1, 0.15) is 24.5 Å². The van der Waals surface area contributed by atoms with E-state index in [1.165, 1.54) is 6.92 Å². The molecule has 0 saturated carbocycles. The van der Waals surface area contributed by atoms with Crippen LogP contribution in [0.25, 0.3) is 27.6 Å². The van der Waals surface area contributed by atoms with Gasteiger partial charge in [0, 0.05) is 29.5 Å². The van der Waals surface area contributed by atoms with Gasteiger partial charge in [-0.1, -0.05) is 60.7 Å². The number of benzene rings is 4. The monoisotopic (exact) mass is 552 g/mol. The van der Waals surface area contributed by atoms with Gasteiger partial charge in [-0.15, -0.1) is 0 Å². The molecular formula is C31H21BrO5. The van der Waals surface area contributed by atoms with E-state index in [9.17, 15) is 14.7 Å². The second kappa shape index (κ2) is 7.63. The molecule has 0 aromatic heterocycles. The van der Waals surface area contributed by atoms with Crippen molar-refractivity contribution in [2.24, 2.45) is 0 Å². The van der Waals surface area contributed by atoms with Crippen molar-refractivity contribution in [2.75, 3.05) is 0 Å². The van der Waals surface area contributed by atoms with Crippen molar-refractivity contribution in [1.29, 1.82) is 0 Å². The van der Waals surface area contributed by atoms with Crippen LogP contribution in [0.4, 0.5) is 0 Å². The van der Waals surface area contributed by atoms with Crippen molar-refractivity contribution in [3.63, 3.8) is 0 Å². The summed E-state index contributed by atoms with van der Waals surface area (Å²) in [7, 11) is 0. The highest BCUT2D eigenvalue weighted by atomic mass is 79.9. The fraction of sp³-hybridized carbons (Fsp3) is 0.161. The van der Waals surface area contributed by atoms with E-state index in [2.05, 4.69) is 15.9 Å². The number of aliphatic hydroxyl groups is 1. The van der Waals surface area contributed by atoms with Crippen LogP contribution < -0.4 is 9.47 Å². The largest absolute Gasteiger partial charge is 0.478 e. The number of ketones is 2. The molecule has 2 aliphatic heterocycles. The van der Waals surface area contributed by atoms with Gasteiger partial charge in [-0.2, -0.15) is 0 Å². The van der Waals surface area contributed by atoms with Gasteiger partial charge in [-0.3, -0.25) is 9.59 Å². The van der Waals surface area contributed by atoms with E-state index in [-0.39, 0.29) is 23.1 Å². The van der Waals surface area contributed by atoms with Gasteiger partial charge in [0.05, 0.1) is 0 Å². The standard InChI is InChI=1S/C31H21BrO5/c1-17(33)15-30(35)29(34)27(32)28-24(14-22-20-8-4-2-6-18(20)10-12-25(22)36-28)31(30)16-23-21-9-5-3-7-19(21)11-13-26(23)37-31/h2-14,35H,15-16H2,1H3/t30-,31-/m0/s1. The average Bonchev–Trinajstić information content (AvgIpc) is 3.32. The number of hydrogen-bond donors (Lipinski definition) is 1. The lowest BCUT2D eigenvalue weighted by Gasteiger charge is -2.48. The quantitative estimate of drug-likeness (QED) is 0.328. The van der Waals surface area contributed by atoms with E-state index < -0.39 is 17.0 Å². The normalized spacial score (nSPS) is 23.9. The van der Waals surface area contributed by atoms with Crippen LogP contribution in [0.2, 0.25) is 0 Å². The molecule has 0 bridgehead atoms. The van der Waals surface area contributed by atoms with Crippen LogP contribution in [0.3, 0.4) is 0 Å². The molecule has 3 aliphatic rings. The molecule has 0 fully saturated rings. The molecule has 0 unspecified atom stereocenters. The minimum atomic E-state index is -2.14. The van der Waals surface area contributed by atoms with Gasteiger partial charge in [0.2, 0.25) is 5.78 Å². The summed E-state index contributed by atoms with van der Waals surface area (Å²) in [6, 6.07) is 23.6. The van der Waals surface area contributed by atoms with Gasteiger partial charge in [0.15, 0.2) is 17.0 Å². The summed E-state index contributed by atoms with van der Waals surface area (Å²) in [5, 5.41) is 16.2. The Kier molecular flexibility index (Phi) is 4.63. The predicted molar refractivity (Wildman–Crippen MR) is 145 cm³/mol. The zero-order chi connectivity index (χ0) is 25.5. The third kappa shape index (κ3) is 2.94. The second-order valence-electron chi connectivity index (χ2n) is 9.94. The Labute approximate surface area is 221 Å². The molecule has 37 heavy (non-hydrogen) atoms. The highest BCUT2D eigenvalue weighted by Crippen LogP contribution is 2.57. The van der Waals surface area contributed by atoms with E-state index in [1.54, 1.807) is 0 Å². The zero-order valence-corrected chi connectivity index (χ0v) is 21.5. The molecule has 4 aromatic carbocycles. The van der Waals surface area contributed by atoms with E-state index in [4.69, 9.17) is 9.47 Å². The molecule has 6 heteroatoms. The summed E-state index contributed by atoms with van der Waals surface area (Å²) in [5.74, 6) is 0.548. The number of halogens is 1. The van der Waals surface area contributed by atoms with E-state index in [0.717, 1.165) is 32.7 Å². The number of Topliss-reactive ketones (excluding diaryl/α,β-unsaturated/α-hetero) is 2. The first-order valence-electron chi connectivity index (χ1n) is 12.1. The van der Waals surface area contributed by atoms with Crippen molar-refractivity contribution in [1.82, 2.24) is 0 Å². The summed E-state index contributed by atoms with van der Waals surface area (Å²) in [6.45, 7) is 1.37. The van der Waals surface area contributed by atoms with Crippen molar-refractivity contribution in [3.05, 3.63) is 99.7 Å². The maximum atomic E-state index is 13.8. The minimum Gasteiger partial charge on any atom is -0.478 e. The molecule has 7 rings (SSSR count). The van der Waals surface area contributed by atoms with Gasteiger partial charge >= 0.3 is 0 Å². The number of carbonyl (C=O) groups is 2. The van der Waals surface area contributed by atoms with Gasteiger partial charge in [-0.05, 0) is 62.6 Å². The highest BCUT2D eigenvalue weighted by Gasteiger charge is 2.67. The molecular weight excluding hydrogens is 532 g/mol. The molecule has 182 valence electrons. The lowest BCUT2D eigenvalue weighted by atomic mass is 9.65. The molecule has 1 spiro atoms. The van der Waals surface area contributed by atoms with Gasteiger partial charge < -0.3 is 14.6 Å². The minimum absolute atomic E-state index is 0.0938. The first kappa shape index (κ1) is 22.5. The van der Waals surface area contributed by atoms with Gasteiger partial charge in [0.1, 0.15) is 21.8 Å². The maximum Gasteiger partial charge on any atom is 0.210 e. The Bertz CT molecular complexity index is 1770. The Morgan fingerprint density at radius 2 is 1.59 bits per heavy atom. The summed E-state index contributed by atoms with van der Waals surface area (Å²) in [6.07, 6.45) is 1.77. The second-order valence-corrected chi connectivity index (χ2v) is 10.7. The molecule has 1 aliphatic carbocycles. The highest BCUT2D eigenvalue weighted by molar-refractivity contribution is 9.12. The van der Waals surface area contributed by atoms with Crippen molar-refractivity contribution >= 4 is 55.1 Å². The van der Waals surface area contributed by atoms with Crippen LogP contribution in [-0.2, 0) is 16.0 Å². The van der Waals surface area contributed by atoms with Gasteiger partial charge in [0.25, 0.3) is 0 Å². The third-order valence-corrected chi connectivity index (χ3v) is 8.49. The number of carbonyl (C=O) groups excluding carboxylic acids is 2. The summed E-state index contributed by atoms with van der Waals surface area (Å²) < 4.78 is 13.1. The maximum absolute atomic E-state index is 13.8. The molecule has 5 nitrogen and oxygen atoms in total. The lowest BCUT2D eigenvalue weighted by molar-refractivity contribution is -0.160. The van der Waals surface area contributed by atoms with E-state index in [0.29, 0.717) is 22.8 Å². The van der Waals surface area contributed by atoms with Crippen LogP contribution in [0, 0.1) is 0 Å². The fourth-order valence-electron chi connectivity index (χ4n) is 6.07. The fourth-order valence-corrected chi connectivity index (χ4v) is 6.70. The van der Waals surface area contributed by atoms with Crippen molar-refractivity contribution < 1.29 is 24.2 Å². The Morgan fingerprint density at radius 3 is 2.32 bits per heavy atom. The Balaban J connectivity index is 1.54. The predicted octanol–water partition coefficient (Wildman–Crippen LogP) is 6.04. The molecule has 0 radical (unpaired) electrons. The SMILES string of the molecule is CC(=O)C[C@]1(O)C(=O)C(Br)=C2Oc3ccc4ccccc4c3C=C2[C@@]12Cc1c(ccc3ccccc13)O2. The Morgan fingerprint density at radius 1 is 0.946 bits per heavy atom. The molecule has 2 atom stereocenters. The summed E-state index contributed by atoms with van der Waals surface area (Å²) in [5.41, 5.74) is -1.44. The van der Waals surface area contributed by atoms with Crippen LogP contribution in [-0.4, -0.2) is 27.9 Å². The molecule has 4 aromatic rings. The smallest absolute Gasteiger partial charge is 0.210 e. The summed E-state index contributed by atoms with van der Waals surface area (Å²) >= 11 is 3.41. The topological polar surface area (TPSA) is 72.8 Å². The van der Waals surface area contributed by atoms with Crippen LogP contribution in [0.5, 0.6) is 11.5 Å². The lowest BCUT2D eigenvalue weighted by Crippen LogP contribution is -2.66. The van der Waals surface area contributed by atoms with Crippen molar-refractivity contribution in [3.8, 4) is 11.5 Å². The number of fused-ring (bicyclic) bond motifs is 8. The third-order valence-electron chi connectivity index (χ3n) is 7.77. The van der Waals surface area contributed by atoms with Crippen molar-refractivity contribution in [2.45, 2.75) is 31.0 Å². The first-order valence-corrected chi connectivity index (χ1v) is 12.9. The molecule has 0 saturated heterocycles. The van der Waals surface area contributed by atoms with Crippen LogP contribution in [0.15, 0.2) is 88.6 Å². The molecule has 0 amide bonds. The first-order chi connectivity index (χ1) is 17.8. The number of ether oxygens (including phenoxy) is 2.